The summed E-state index contributed by atoms with van der Waals surface area (Å²) in [5, 5.41) is 4.55. The summed E-state index contributed by atoms with van der Waals surface area (Å²) in [6, 6.07) is 39.3. The monoisotopic (exact) mass is 961 g/mol. The van der Waals surface area contributed by atoms with Gasteiger partial charge in [-0.15, -0.1) is 0 Å². The number of halogens is 12. The van der Waals surface area contributed by atoms with Crippen molar-refractivity contribution in [3.05, 3.63) is 170 Å². The molecule has 0 aliphatic heterocycles. The van der Waals surface area contributed by atoms with Gasteiger partial charge in [0, 0.05) is 52.5 Å². The molecule has 312 valence electrons. The van der Waals surface area contributed by atoms with Gasteiger partial charge in [-0.05, 0) is 48.0 Å². The van der Waals surface area contributed by atoms with Gasteiger partial charge in [-0.3, -0.25) is 29.7 Å². The Kier molecular flexibility index (Phi) is 14.1. The molecule has 8 aromatic rings. The van der Waals surface area contributed by atoms with Crippen LogP contribution in [0.1, 0.15) is 16.1 Å². The first kappa shape index (κ1) is 47.9. The number of carbonyl (C=O) groups excluding carboxylic acids is 1. The number of allylic oxidation sites excluding steroid dienone is 1. The van der Waals surface area contributed by atoms with Crippen LogP contribution >= 0.6 is 15.6 Å². The summed E-state index contributed by atoms with van der Waals surface area (Å²) in [5.41, 5.74) is 5.38. The summed E-state index contributed by atoms with van der Waals surface area (Å²) in [6.45, 7) is 0. The maximum absolute atomic E-state index is 11.7. The fraction of sp³-hybridized carbons (Fsp3) is 0. The average molecular weight is 961 g/mol. The number of rotatable bonds is 3. The molecule has 3 aromatic carbocycles. The van der Waals surface area contributed by atoms with Crippen LogP contribution in [0.3, 0.4) is 0 Å². The van der Waals surface area contributed by atoms with Crippen LogP contribution in [0.5, 0.6) is 0 Å². The standard InChI is InChI=1S/C14H11NO.2C12H8N2.2F6P.Ru/c16-14(13-8-4-5-11-15-13)10-9-12-6-2-1-3-7-12;2*1-3-9-5-6-10-4-2-8-14-12(10)11(9)13-7-1;2*1-7(2,3,4,5)6;/h1-11H;2*1-8H;;;/q;;;2*-1;+2/b10-9+;;;;;. The van der Waals surface area contributed by atoms with Crippen LogP contribution in [0, 0.1) is 0 Å². The van der Waals surface area contributed by atoms with E-state index in [1.165, 1.54) is 6.08 Å². The first-order chi connectivity index (χ1) is 26.7. The van der Waals surface area contributed by atoms with E-state index in [0.717, 1.165) is 49.2 Å². The Morgan fingerprint density at radius 2 is 0.695 bits per heavy atom. The van der Waals surface area contributed by atoms with E-state index in [1.54, 1.807) is 55.3 Å². The van der Waals surface area contributed by atoms with Crippen molar-refractivity contribution in [3.8, 4) is 0 Å². The number of hydrogen-bond acceptors (Lipinski definition) is 6. The number of nitrogens with zero attached hydrogens (tertiary/aromatic N) is 5. The quantitative estimate of drug-likeness (QED) is 0.0438. The Labute approximate surface area is 339 Å². The predicted octanol–water partition coefficient (Wildman–Crippen LogP) is 15.3. The van der Waals surface area contributed by atoms with Crippen molar-refractivity contribution < 1.29 is 74.6 Å². The van der Waals surface area contributed by atoms with Gasteiger partial charge in [0.05, 0.1) is 22.1 Å². The van der Waals surface area contributed by atoms with Gasteiger partial charge in [0.15, 0.2) is 0 Å². The Hall–Kier alpha value is -5.50. The van der Waals surface area contributed by atoms with Crippen LogP contribution in [0.2, 0.25) is 0 Å². The van der Waals surface area contributed by atoms with Crippen molar-refractivity contribution in [2.75, 3.05) is 0 Å². The molecule has 5 aromatic heterocycles. The minimum atomic E-state index is -10.7. The Bertz CT molecular complexity index is 2430. The number of ketones is 1. The minimum Gasteiger partial charge on any atom is -0.288 e. The van der Waals surface area contributed by atoms with Gasteiger partial charge in [-0.25, -0.2) is 0 Å². The SMILES string of the molecule is F[P-](F)(F)(F)(F)F.F[P-](F)(F)(F)(F)F.O=C(/C=C/c1ccccc1)c1ccccn1.[Ru+2].c1cnc2c(c1)ccc1cccnc12.c1cnc2c(c1)ccc1cccnc12. The van der Waals surface area contributed by atoms with E-state index in [2.05, 4.69) is 73.5 Å². The van der Waals surface area contributed by atoms with Gasteiger partial charge in [0.25, 0.3) is 0 Å². The molecule has 21 heteroatoms. The third-order valence-corrected chi connectivity index (χ3v) is 6.83. The third-order valence-electron chi connectivity index (χ3n) is 6.83. The number of hydrogen-bond donors (Lipinski definition) is 0. The van der Waals surface area contributed by atoms with E-state index in [-0.39, 0.29) is 25.3 Å². The molecule has 0 amide bonds. The Morgan fingerprint density at radius 1 is 0.390 bits per heavy atom. The van der Waals surface area contributed by atoms with E-state index < -0.39 is 15.6 Å². The second-order valence-corrected chi connectivity index (χ2v) is 15.5. The molecule has 0 saturated carbocycles. The molecule has 59 heavy (non-hydrogen) atoms. The molecule has 0 radical (unpaired) electrons. The zero-order valence-corrected chi connectivity index (χ0v) is 33.0. The number of aromatic nitrogens is 5. The largest absolute Gasteiger partial charge is 2.00 e. The maximum Gasteiger partial charge on any atom is 2.00 e. The first-order valence-corrected chi connectivity index (χ1v) is 20.2. The molecule has 0 saturated heterocycles. The van der Waals surface area contributed by atoms with Crippen molar-refractivity contribution in [1.82, 2.24) is 24.9 Å². The van der Waals surface area contributed by atoms with Gasteiger partial charge in [0.1, 0.15) is 5.69 Å². The topological polar surface area (TPSA) is 81.5 Å². The number of pyridine rings is 5. The summed E-state index contributed by atoms with van der Waals surface area (Å²) < 4.78 is 118. The third kappa shape index (κ3) is 20.2. The van der Waals surface area contributed by atoms with Crippen molar-refractivity contribution in [2.24, 2.45) is 0 Å². The zero-order chi connectivity index (χ0) is 42.8. The molecular formula is C38H27F12N5OP2Ru. The Morgan fingerprint density at radius 3 is 1.00 bits per heavy atom. The van der Waals surface area contributed by atoms with Crippen molar-refractivity contribution in [3.63, 3.8) is 0 Å². The summed E-state index contributed by atoms with van der Waals surface area (Å²) in [5.74, 6) is -0.0792. The second-order valence-electron chi connectivity index (χ2n) is 11.7. The van der Waals surface area contributed by atoms with Crippen molar-refractivity contribution in [1.29, 1.82) is 0 Å². The maximum atomic E-state index is 11.7. The van der Waals surface area contributed by atoms with Gasteiger partial charge in [0.2, 0.25) is 5.78 Å². The predicted molar refractivity (Wildman–Crippen MR) is 205 cm³/mol. The van der Waals surface area contributed by atoms with Crippen LogP contribution in [0.25, 0.3) is 49.7 Å². The fourth-order valence-corrected chi connectivity index (χ4v) is 4.69. The fourth-order valence-electron chi connectivity index (χ4n) is 4.69. The van der Waals surface area contributed by atoms with E-state index in [1.807, 2.05) is 54.6 Å². The summed E-state index contributed by atoms with van der Waals surface area (Å²) >= 11 is 0. The normalized spacial score (nSPS) is 13.5. The van der Waals surface area contributed by atoms with Crippen LogP contribution in [-0.4, -0.2) is 30.7 Å². The molecule has 0 aliphatic carbocycles. The van der Waals surface area contributed by atoms with Gasteiger partial charge >= 0.3 is 85.5 Å². The molecule has 5 heterocycles. The summed E-state index contributed by atoms with van der Waals surface area (Å²) in [4.78, 5) is 33.0. The average Bonchev–Trinajstić information content (AvgIpc) is 3.16. The van der Waals surface area contributed by atoms with Crippen LogP contribution in [0.15, 0.2) is 158 Å². The molecule has 0 N–H and O–H groups in total. The first-order valence-electron chi connectivity index (χ1n) is 16.1. The molecule has 6 nitrogen and oxygen atoms in total. The summed E-state index contributed by atoms with van der Waals surface area (Å²) in [6.07, 6.45) is 12.2. The van der Waals surface area contributed by atoms with E-state index >= 15 is 0 Å². The smallest absolute Gasteiger partial charge is 0.288 e. The molecular weight excluding hydrogens is 933 g/mol. The number of carbonyl (C=O) groups is 1. The van der Waals surface area contributed by atoms with E-state index in [9.17, 15) is 55.2 Å². The zero-order valence-electron chi connectivity index (χ0n) is 29.5. The van der Waals surface area contributed by atoms with Crippen molar-refractivity contribution >= 4 is 71.1 Å². The molecule has 0 unspecified atom stereocenters. The van der Waals surface area contributed by atoms with Crippen LogP contribution in [-0.2, 0) is 19.5 Å². The molecule has 0 bridgehead atoms. The van der Waals surface area contributed by atoms with Crippen LogP contribution < -0.4 is 0 Å². The van der Waals surface area contributed by atoms with Gasteiger partial charge in [-0.2, -0.15) is 0 Å². The molecule has 8 rings (SSSR count). The van der Waals surface area contributed by atoms with E-state index in [0.29, 0.717) is 5.69 Å². The van der Waals surface area contributed by atoms with E-state index in [4.69, 9.17) is 0 Å². The minimum absolute atomic E-state index is 0. The number of fused-ring (bicyclic) bond motifs is 6. The summed E-state index contributed by atoms with van der Waals surface area (Å²) in [7, 11) is -21.3. The molecule has 0 fully saturated rings. The molecule has 0 atom stereocenters. The molecule has 0 spiro atoms. The number of benzene rings is 3. The Balaban J connectivity index is 0.000000204. The van der Waals surface area contributed by atoms with Gasteiger partial charge < -0.3 is 0 Å². The second kappa shape index (κ2) is 17.4. The van der Waals surface area contributed by atoms with Crippen molar-refractivity contribution in [2.45, 2.75) is 0 Å². The van der Waals surface area contributed by atoms with Gasteiger partial charge in [-0.1, -0.05) is 91.0 Å². The molecule has 0 aliphatic rings. The van der Waals surface area contributed by atoms with Crippen LogP contribution in [0.4, 0.5) is 50.4 Å².